The maximum absolute atomic E-state index is 13.9. The summed E-state index contributed by atoms with van der Waals surface area (Å²) in [6, 6.07) is 13.9. The molecule has 1 unspecified atom stereocenters. The third kappa shape index (κ3) is 11.9. The van der Waals surface area contributed by atoms with E-state index in [9.17, 15) is 36.0 Å². The number of amidine groups is 1. The molecular formula is C31H34F3N5O8S2. The van der Waals surface area contributed by atoms with Crippen molar-refractivity contribution in [2.24, 2.45) is 5.73 Å². The second-order valence-corrected chi connectivity index (χ2v) is 13.7. The van der Waals surface area contributed by atoms with E-state index >= 15 is 0 Å². The number of esters is 1. The van der Waals surface area contributed by atoms with Crippen LogP contribution in [-0.2, 0) is 55.0 Å². The van der Waals surface area contributed by atoms with Crippen LogP contribution in [0.3, 0.4) is 0 Å². The molecule has 0 aliphatic carbocycles. The number of amides is 2. The summed E-state index contributed by atoms with van der Waals surface area (Å²) < 4.78 is 62.3. The minimum absolute atomic E-state index is 0.118. The summed E-state index contributed by atoms with van der Waals surface area (Å²) in [4.78, 5) is 51.6. The highest BCUT2D eigenvalue weighted by atomic mass is 32.2. The van der Waals surface area contributed by atoms with Crippen LogP contribution in [0, 0.1) is 5.41 Å². The van der Waals surface area contributed by atoms with Crippen LogP contribution < -0.4 is 15.8 Å². The van der Waals surface area contributed by atoms with Crippen molar-refractivity contribution in [1.29, 1.82) is 5.41 Å². The fraction of sp³-hybridized carbons (Fsp3) is 0.323. The summed E-state index contributed by atoms with van der Waals surface area (Å²) in [5.74, 6) is -3.88. The number of aliphatic carboxylic acids is 1. The van der Waals surface area contributed by atoms with Crippen LogP contribution in [0.25, 0.3) is 0 Å². The minimum Gasteiger partial charge on any atom is -0.475 e. The van der Waals surface area contributed by atoms with Crippen LogP contribution in [-0.4, -0.2) is 79.6 Å². The molecule has 1 aliphatic rings. The number of hydrogen-bond donors (Lipinski definition) is 5. The Bertz CT molecular complexity index is 1790. The van der Waals surface area contributed by atoms with Gasteiger partial charge in [-0.25, -0.2) is 13.2 Å². The monoisotopic (exact) mass is 725 g/mol. The maximum atomic E-state index is 13.9. The number of carboxylic acid groups (broad SMARTS) is 1. The third-order valence-corrected chi connectivity index (χ3v) is 8.70. The smallest absolute Gasteiger partial charge is 0.475 e. The molecule has 0 bridgehead atoms. The zero-order valence-corrected chi connectivity index (χ0v) is 27.9. The van der Waals surface area contributed by atoms with Gasteiger partial charge in [-0.15, -0.1) is 11.3 Å². The molecule has 0 fully saturated rings. The molecule has 0 radical (unpaired) electrons. The van der Waals surface area contributed by atoms with Gasteiger partial charge in [0.25, 0.3) is 5.91 Å². The lowest BCUT2D eigenvalue weighted by Crippen LogP contribution is -2.50. The number of rotatable bonds is 11. The molecule has 0 saturated carbocycles. The number of alkyl halides is 3. The van der Waals surface area contributed by atoms with Crippen molar-refractivity contribution in [2.75, 3.05) is 24.1 Å². The van der Waals surface area contributed by atoms with Gasteiger partial charge in [-0.2, -0.15) is 13.2 Å². The lowest BCUT2D eigenvalue weighted by Gasteiger charge is -2.31. The van der Waals surface area contributed by atoms with E-state index < -0.39 is 34.1 Å². The van der Waals surface area contributed by atoms with Crippen molar-refractivity contribution < 1.29 is 50.6 Å². The Morgan fingerprint density at radius 2 is 1.67 bits per heavy atom. The number of halogens is 3. The molecule has 1 atom stereocenters. The number of nitrogens with one attached hydrogen (secondary N) is 3. The van der Waals surface area contributed by atoms with E-state index in [1.807, 2.05) is 6.07 Å². The van der Waals surface area contributed by atoms with Gasteiger partial charge < -0.3 is 25.8 Å². The number of sulfonamides is 1. The Morgan fingerprint density at radius 3 is 2.20 bits per heavy atom. The first kappa shape index (κ1) is 38.5. The molecule has 2 heterocycles. The Kier molecular flexibility index (Phi) is 12.9. The van der Waals surface area contributed by atoms with Crippen LogP contribution in [0.2, 0.25) is 0 Å². The summed E-state index contributed by atoms with van der Waals surface area (Å²) in [7, 11) is -3.44. The minimum atomic E-state index is -5.08. The molecule has 13 nitrogen and oxygen atoms in total. The number of nitrogen functional groups attached to an aromatic ring is 1. The second kappa shape index (κ2) is 16.4. The Labute approximate surface area is 283 Å². The van der Waals surface area contributed by atoms with Gasteiger partial charge in [-0.3, -0.25) is 24.5 Å². The largest absolute Gasteiger partial charge is 0.490 e. The third-order valence-electron chi connectivity index (χ3n) is 6.85. The first-order valence-corrected chi connectivity index (χ1v) is 17.2. The number of ether oxygens (including phenoxy) is 1. The fourth-order valence-electron chi connectivity index (χ4n) is 4.65. The summed E-state index contributed by atoms with van der Waals surface area (Å²) in [5, 5.41) is 17.5. The van der Waals surface area contributed by atoms with E-state index in [4.69, 9.17) is 25.8 Å². The molecule has 6 N–H and O–H groups in total. The molecular weight excluding hydrogens is 691 g/mol. The first-order chi connectivity index (χ1) is 22.9. The van der Waals surface area contributed by atoms with E-state index in [1.54, 1.807) is 71.7 Å². The average molecular weight is 726 g/mol. The van der Waals surface area contributed by atoms with Crippen molar-refractivity contribution in [3.63, 3.8) is 0 Å². The molecule has 2 amide bonds. The van der Waals surface area contributed by atoms with Gasteiger partial charge in [0.1, 0.15) is 11.9 Å². The molecule has 18 heteroatoms. The zero-order chi connectivity index (χ0) is 36.5. The number of fused-ring (bicyclic) bond motifs is 1. The van der Waals surface area contributed by atoms with Crippen molar-refractivity contribution in [1.82, 2.24) is 10.2 Å². The number of carbonyl (C=O) groups is 4. The number of carbonyl (C=O) groups excluding carboxylic acids is 3. The molecule has 264 valence electrons. The highest BCUT2D eigenvalue weighted by Gasteiger charge is 2.38. The van der Waals surface area contributed by atoms with Gasteiger partial charge in [0, 0.05) is 46.1 Å². The molecule has 2 aromatic carbocycles. The molecule has 0 spiro atoms. The Hall–Kier alpha value is -4.97. The van der Waals surface area contributed by atoms with Crippen molar-refractivity contribution in [3.05, 3.63) is 86.6 Å². The van der Waals surface area contributed by atoms with Gasteiger partial charge in [-0.05, 0) is 54.8 Å². The van der Waals surface area contributed by atoms with E-state index in [0.29, 0.717) is 42.9 Å². The fourth-order valence-corrected chi connectivity index (χ4v) is 6.37. The van der Waals surface area contributed by atoms with Crippen LogP contribution in [0.4, 0.5) is 18.9 Å². The van der Waals surface area contributed by atoms with Gasteiger partial charge in [0.2, 0.25) is 15.9 Å². The maximum Gasteiger partial charge on any atom is 0.490 e. The van der Waals surface area contributed by atoms with Crippen LogP contribution in [0.15, 0.2) is 54.6 Å². The highest BCUT2D eigenvalue weighted by Crippen LogP contribution is 2.29. The Balaban J connectivity index is 0.000000838. The molecule has 49 heavy (non-hydrogen) atoms. The van der Waals surface area contributed by atoms with E-state index in [-0.39, 0.29) is 30.6 Å². The van der Waals surface area contributed by atoms with Crippen LogP contribution >= 0.6 is 11.3 Å². The predicted octanol–water partition coefficient (Wildman–Crippen LogP) is 3.07. The molecule has 3 aromatic rings. The van der Waals surface area contributed by atoms with E-state index in [0.717, 1.165) is 27.1 Å². The lowest BCUT2D eigenvalue weighted by atomic mass is 10.0. The topological polar surface area (TPSA) is 209 Å². The summed E-state index contributed by atoms with van der Waals surface area (Å²) in [6.07, 6.45) is -3.03. The van der Waals surface area contributed by atoms with Gasteiger partial charge >= 0.3 is 18.1 Å². The van der Waals surface area contributed by atoms with Crippen LogP contribution in [0.5, 0.6) is 0 Å². The van der Waals surface area contributed by atoms with E-state index in [1.165, 1.54) is 0 Å². The number of nitrogens with two attached hydrogens (primary N) is 1. The molecule has 0 saturated heterocycles. The zero-order valence-electron chi connectivity index (χ0n) is 26.3. The van der Waals surface area contributed by atoms with Gasteiger partial charge in [-0.1, -0.05) is 24.3 Å². The number of anilines is 1. The van der Waals surface area contributed by atoms with E-state index in [2.05, 4.69) is 10.0 Å². The van der Waals surface area contributed by atoms with Gasteiger partial charge in [0.05, 0.1) is 19.3 Å². The highest BCUT2D eigenvalue weighted by molar-refractivity contribution is 7.92. The molecule has 4 rings (SSSR count). The number of thiophene rings is 1. The normalized spacial score (nSPS) is 13.2. The van der Waals surface area contributed by atoms with Gasteiger partial charge in [0.15, 0.2) is 0 Å². The van der Waals surface area contributed by atoms with Crippen LogP contribution in [0.1, 0.15) is 43.7 Å². The van der Waals surface area contributed by atoms with Crippen molar-refractivity contribution in [2.45, 2.75) is 44.9 Å². The standard InChI is InChI=1S/C29H33N5O6S2.C2HF3O2/c1-3-40-26(35)16-23-15-21-17-34(13-12-25(21)41-23)29(37)24(14-18-4-10-22(11-5-18)33-42(2,38)39)32-28(36)20-8-6-19(7-9-20)27(30)31;3-2(4,5)1(6)7/h4-11,15,24,33H,3,12-14,16-17H2,1-2H3,(H3,30,31)(H,32,36);(H,6,7). The first-order valence-electron chi connectivity index (χ1n) is 14.5. The SMILES string of the molecule is CCOC(=O)Cc1cc2c(s1)CCN(C(=O)C(Cc1ccc(NS(C)(=O)=O)cc1)NC(=O)c1ccc(C(=N)N)cc1)C2.O=C(O)C(F)(F)F. The number of hydrogen-bond acceptors (Lipinski definition) is 9. The Morgan fingerprint density at radius 1 is 1.08 bits per heavy atom. The second-order valence-electron chi connectivity index (χ2n) is 10.7. The number of nitrogens with zero attached hydrogens (tertiary/aromatic N) is 1. The average Bonchev–Trinajstić information content (AvgIpc) is 3.42. The molecule has 1 aliphatic heterocycles. The predicted molar refractivity (Wildman–Crippen MR) is 175 cm³/mol. The lowest BCUT2D eigenvalue weighted by molar-refractivity contribution is -0.192. The number of benzene rings is 2. The molecule has 1 aromatic heterocycles. The summed E-state index contributed by atoms with van der Waals surface area (Å²) in [6.45, 7) is 2.89. The van der Waals surface area contributed by atoms with Crippen molar-refractivity contribution in [3.8, 4) is 0 Å². The van der Waals surface area contributed by atoms with Crippen molar-refractivity contribution >= 4 is 56.6 Å². The summed E-state index contributed by atoms with van der Waals surface area (Å²) >= 11 is 1.55. The summed E-state index contributed by atoms with van der Waals surface area (Å²) in [5.41, 5.74) is 8.39. The quantitative estimate of drug-likeness (QED) is 0.112. The number of carboxylic acids is 1.